The first-order valence-electron chi connectivity index (χ1n) is 8.69. The first-order chi connectivity index (χ1) is 13.0. The molecule has 1 heterocycles. The third-order valence-electron chi connectivity index (χ3n) is 4.07. The predicted molar refractivity (Wildman–Crippen MR) is 105 cm³/mol. The molecule has 2 amide bonds. The van der Waals surface area contributed by atoms with Crippen LogP contribution in [-0.2, 0) is 9.59 Å². The molecule has 0 spiro atoms. The third-order valence-corrected chi connectivity index (χ3v) is 4.90. The predicted octanol–water partition coefficient (Wildman–Crippen LogP) is 1.90. The van der Waals surface area contributed by atoms with Gasteiger partial charge in [0.15, 0.2) is 5.82 Å². The first-order valence-corrected chi connectivity index (χ1v) is 9.68. The number of amides is 2. The van der Waals surface area contributed by atoms with E-state index in [1.807, 2.05) is 38.1 Å². The zero-order chi connectivity index (χ0) is 19.8. The molecule has 8 nitrogen and oxygen atoms in total. The molecule has 0 saturated carbocycles. The van der Waals surface area contributed by atoms with Crippen molar-refractivity contribution in [1.82, 2.24) is 25.0 Å². The van der Waals surface area contributed by atoms with Gasteiger partial charge in [0.1, 0.15) is 5.75 Å². The van der Waals surface area contributed by atoms with Crippen molar-refractivity contribution in [1.29, 1.82) is 0 Å². The molecule has 0 aliphatic rings. The van der Waals surface area contributed by atoms with Crippen molar-refractivity contribution in [2.45, 2.75) is 19.0 Å². The van der Waals surface area contributed by atoms with E-state index >= 15 is 0 Å². The Morgan fingerprint density at radius 1 is 1.15 bits per heavy atom. The van der Waals surface area contributed by atoms with Gasteiger partial charge < -0.3 is 14.5 Å². The smallest absolute Gasteiger partial charge is 0.242 e. The molecule has 2 rings (SSSR count). The fourth-order valence-corrected chi connectivity index (χ4v) is 3.13. The molecule has 0 bridgehead atoms. The molecule has 0 unspecified atom stereocenters. The van der Waals surface area contributed by atoms with E-state index in [2.05, 4.69) is 15.2 Å². The highest BCUT2D eigenvalue weighted by atomic mass is 32.2. The maximum Gasteiger partial charge on any atom is 0.242 e. The van der Waals surface area contributed by atoms with Crippen molar-refractivity contribution in [3.05, 3.63) is 24.3 Å². The number of benzene rings is 1. The van der Waals surface area contributed by atoms with Crippen LogP contribution >= 0.6 is 11.8 Å². The molecular formula is C18H25N5O3S. The summed E-state index contributed by atoms with van der Waals surface area (Å²) in [5.41, 5.74) is 0.878. The quantitative estimate of drug-likeness (QED) is 0.657. The lowest BCUT2D eigenvalue weighted by molar-refractivity contribution is -0.137. The zero-order valence-electron chi connectivity index (χ0n) is 16.1. The standard InChI is InChI=1S/C18H25N5O3S/c1-5-23(6-2)15(24)11-22(3)16(25)12-27-18-19-17(20-21-18)13-7-9-14(26-4)10-8-13/h7-10H,5-6,11-12H2,1-4H3,(H,19,20,21). The number of methoxy groups -OCH3 is 1. The van der Waals surface area contributed by atoms with Gasteiger partial charge in [0.25, 0.3) is 0 Å². The van der Waals surface area contributed by atoms with Gasteiger partial charge in [-0.15, -0.1) is 5.10 Å². The Hall–Kier alpha value is -2.55. The van der Waals surface area contributed by atoms with Crippen LogP contribution in [0.1, 0.15) is 13.8 Å². The second-order valence-electron chi connectivity index (χ2n) is 5.80. The van der Waals surface area contributed by atoms with E-state index in [1.54, 1.807) is 19.1 Å². The van der Waals surface area contributed by atoms with Crippen LogP contribution in [0.4, 0.5) is 0 Å². The van der Waals surface area contributed by atoms with Crippen LogP contribution in [0.2, 0.25) is 0 Å². The van der Waals surface area contributed by atoms with Gasteiger partial charge in [-0.2, -0.15) is 0 Å². The number of aromatic nitrogens is 3. The molecule has 1 aromatic carbocycles. The van der Waals surface area contributed by atoms with Gasteiger partial charge in [-0.3, -0.25) is 14.7 Å². The van der Waals surface area contributed by atoms with E-state index in [9.17, 15) is 9.59 Å². The van der Waals surface area contributed by atoms with E-state index in [0.29, 0.717) is 24.1 Å². The summed E-state index contributed by atoms with van der Waals surface area (Å²) in [6.07, 6.45) is 0. The Labute approximate surface area is 163 Å². The van der Waals surface area contributed by atoms with Crippen molar-refractivity contribution in [2.75, 3.05) is 39.5 Å². The number of hydrogen-bond acceptors (Lipinski definition) is 6. The minimum atomic E-state index is -0.142. The van der Waals surface area contributed by atoms with Gasteiger partial charge in [0.05, 0.1) is 19.4 Å². The van der Waals surface area contributed by atoms with Crippen molar-refractivity contribution >= 4 is 23.6 Å². The highest BCUT2D eigenvalue weighted by Gasteiger charge is 2.17. The number of H-pyrrole nitrogens is 1. The normalized spacial score (nSPS) is 10.5. The average molecular weight is 391 g/mol. The van der Waals surface area contributed by atoms with Crippen molar-refractivity contribution in [2.24, 2.45) is 0 Å². The van der Waals surface area contributed by atoms with Gasteiger partial charge in [-0.1, -0.05) is 11.8 Å². The maximum absolute atomic E-state index is 12.3. The van der Waals surface area contributed by atoms with Gasteiger partial charge in [0, 0.05) is 25.7 Å². The van der Waals surface area contributed by atoms with Crippen LogP contribution in [0.25, 0.3) is 11.4 Å². The van der Waals surface area contributed by atoms with Crippen LogP contribution < -0.4 is 4.74 Å². The Balaban J connectivity index is 1.88. The number of nitrogens with zero attached hydrogens (tertiary/aromatic N) is 4. The maximum atomic E-state index is 12.3. The molecule has 0 aliphatic heterocycles. The molecule has 9 heteroatoms. The van der Waals surface area contributed by atoms with Crippen LogP contribution in [0.15, 0.2) is 29.4 Å². The molecule has 146 valence electrons. The average Bonchev–Trinajstić information content (AvgIpc) is 3.16. The summed E-state index contributed by atoms with van der Waals surface area (Å²) in [5, 5.41) is 7.48. The first kappa shape index (κ1) is 20.8. The molecule has 2 aromatic rings. The van der Waals surface area contributed by atoms with Gasteiger partial charge in [-0.05, 0) is 38.1 Å². The van der Waals surface area contributed by atoms with Crippen molar-refractivity contribution < 1.29 is 14.3 Å². The fraction of sp³-hybridized carbons (Fsp3) is 0.444. The molecular weight excluding hydrogens is 366 g/mol. The summed E-state index contributed by atoms with van der Waals surface area (Å²) < 4.78 is 5.13. The number of rotatable bonds is 9. The van der Waals surface area contributed by atoms with E-state index in [4.69, 9.17) is 4.74 Å². The molecule has 27 heavy (non-hydrogen) atoms. The number of carbonyl (C=O) groups is 2. The molecule has 1 N–H and O–H groups in total. The lowest BCUT2D eigenvalue weighted by Gasteiger charge is -2.23. The van der Waals surface area contributed by atoms with Crippen LogP contribution in [0, 0.1) is 0 Å². The lowest BCUT2D eigenvalue weighted by atomic mass is 10.2. The summed E-state index contributed by atoms with van der Waals surface area (Å²) in [5.74, 6) is 1.36. The fourth-order valence-electron chi connectivity index (χ4n) is 2.39. The SMILES string of the molecule is CCN(CC)C(=O)CN(C)C(=O)CSc1n[nH]c(-c2ccc(OC)cc2)n1. The van der Waals surface area contributed by atoms with E-state index in [-0.39, 0.29) is 24.1 Å². The topological polar surface area (TPSA) is 91.4 Å². The number of nitrogens with one attached hydrogen (secondary N) is 1. The number of thioether (sulfide) groups is 1. The number of hydrogen-bond donors (Lipinski definition) is 1. The second-order valence-corrected chi connectivity index (χ2v) is 6.74. The van der Waals surface area contributed by atoms with Gasteiger partial charge in [-0.25, -0.2) is 4.98 Å². The molecule has 0 aliphatic carbocycles. The summed E-state index contributed by atoms with van der Waals surface area (Å²) in [6.45, 7) is 5.19. The van der Waals surface area contributed by atoms with Crippen molar-refractivity contribution in [3.63, 3.8) is 0 Å². The van der Waals surface area contributed by atoms with Gasteiger partial charge in [0.2, 0.25) is 17.0 Å². The monoisotopic (exact) mass is 391 g/mol. The van der Waals surface area contributed by atoms with Crippen molar-refractivity contribution in [3.8, 4) is 17.1 Å². The molecule has 0 atom stereocenters. The molecule has 1 aromatic heterocycles. The second kappa shape index (κ2) is 9.96. The Morgan fingerprint density at radius 3 is 2.41 bits per heavy atom. The summed E-state index contributed by atoms with van der Waals surface area (Å²) >= 11 is 1.23. The molecule has 0 radical (unpaired) electrons. The van der Waals surface area contributed by atoms with E-state index < -0.39 is 0 Å². The number of likely N-dealkylation sites (N-methyl/N-ethyl adjacent to an activating group) is 2. The Kier molecular flexibility index (Phi) is 7.66. The number of aromatic amines is 1. The molecule has 0 fully saturated rings. The van der Waals surface area contributed by atoms with Gasteiger partial charge >= 0.3 is 0 Å². The minimum Gasteiger partial charge on any atom is -0.497 e. The Morgan fingerprint density at radius 2 is 1.81 bits per heavy atom. The lowest BCUT2D eigenvalue weighted by Crippen LogP contribution is -2.41. The van der Waals surface area contributed by atoms with Crippen LogP contribution in [0.5, 0.6) is 5.75 Å². The highest BCUT2D eigenvalue weighted by Crippen LogP contribution is 2.21. The third kappa shape index (κ3) is 5.72. The summed E-state index contributed by atoms with van der Waals surface area (Å²) in [7, 11) is 3.24. The van der Waals surface area contributed by atoms with Crippen LogP contribution in [-0.4, -0.2) is 76.3 Å². The highest BCUT2D eigenvalue weighted by molar-refractivity contribution is 7.99. The number of carbonyl (C=O) groups excluding carboxylic acids is 2. The van der Waals surface area contributed by atoms with E-state index in [1.165, 1.54) is 16.7 Å². The summed E-state index contributed by atoms with van der Waals surface area (Å²) in [6, 6.07) is 7.45. The molecule has 0 saturated heterocycles. The summed E-state index contributed by atoms with van der Waals surface area (Å²) in [4.78, 5) is 31.9. The Bertz CT molecular complexity index is 759. The zero-order valence-corrected chi connectivity index (χ0v) is 16.9. The minimum absolute atomic E-state index is 0.0551. The van der Waals surface area contributed by atoms with E-state index in [0.717, 1.165) is 11.3 Å². The number of ether oxygens (including phenoxy) is 1. The van der Waals surface area contributed by atoms with Crippen LogP contribution in [0.3, 0.4) is 0 Å². The largest absolute Gasteiger partial charge is 0.497 e.